The summed E-state index contributed by atoms with van der Waals surface area (Å²) in [4.78, 5) is 8.76. The number of hydrogen-bond donors (Lipinski definition) is 3. The largest absolute Gasteiger partial charge is 0.374 e. The summed E-state index contributed by atoms with van der Waals surface area (Å²) < 4.78 is 5.35. The van der Waals surface area contributed by atoms with Crippen molar-refractivity contribution in [1.82, 2.24) is 9.97 Å². The Labute approximate surface area is 124 Å². The van der Waals surface area contributed by atoms with E-state index in [4.69, 9.17) is 10.6 Å². The van der Waals surface area contributed by atoms with E-state index < -0.39 is 0 Å². The average Bonchev–Trinajstić information content (AvgIpc) is 2.92. The number of anilines is 2. The molecule has 6 nitrogen and oxygen atoms in total. The van der Waals surface area contributed by atoms with Crippen LogP contribution in [0, 0.1) is 0 Å². The van der Waals surface area contributed by atoms with Gasteiger partial charge in [0.25, 0.3) is 0 Å². The van der Waals surface area contributed by atoms with Gasteiger partial charge >= 0.3 is 0 Å². The van der Waals surface area contributed by atoms with Crippen LogP contribution in [-0.4, -0.2) is 34.1 Å². The molecule has 1 aromatic heterocycles. The molecule has 20 heavy (non-hydrogen) atoms. The van der Waals surface area contributed by atoms with Crippen molar-refractivity contribution in [2.24, 2.45) is 5.84 Å². The standard InChI is InChI=1S/C13H23N5OS/c1-3-19-8-13-16-11(7-12(17-13)18-14)15-9-4-5-10(6-9)20-2/h7,9-10H,3-6,8,14H2,1-2H3,(H2,15,16,17,18). The first-order valence-corrected chi connectivity index (χ1v) is 8.25. The van der Waals surface area contributed by atoms with Crippen molar-refractivity contribution >= 4 is 23.4 Å². The van der Waals surface area contributed by atoms with Crippen LogP contribution in [0.15, 0.2) is 6.07 Å². The Morgan fingerprint density at radius 2 is 2.20 bits per heavy atom. The van der Waals surface area contributed by atoms with E-state index >= 15 is 0 Å². The number of aromatic nitrogens is 2. The lowest BCUT2D eigenvalue weighted by Gasteiger charge is -2.15. The van der Waals surface area contributed by atoms with Crippen LogP contribution in [0.5, 0.6) is 0 Å². The zero-order chi connectivity index (χ0) is 14.4. The second kappa shape index (κ2) is 7.66. The van der Waals surface area contributed by atoms with E-state index in [0.29, 0.717) is 30.9 Å². The quantitative estimate of drug-likeness (QED) is 0.524. The number of hydrazine groups is 1. The van der Waals surface area contributed by atoms with E-state index in [1.54, 1.807) is 0 Å². The lowest BCUT2D eigenvalue weighted by atomic mass is 10.2. The van der Waals surface area contributed by atoms with Gasteiger partial charge in [-0.3, -0.25) is 0 Å². The van der Waals surface area contributed by atoms with Gasteiger partial charge in [-0.15, -0.1) is 0 Å². The topological polar surface area (TPSA) is 85.1 Å². The summed E-state index contributed by atoms with van der Waals surface area (Å²) in [5.74, 6) is 7.52. The van der Waals surface area contributed by atoms with Gasteiger partial charge in [-0.25, -0.2) is 15.8 Å². The molecule has 112 valence electrons. The first-order valence-electron chi connectivity index (χ1n) is 6.96. The zero-order valence-corrected chi connectivity index (χ0v) is 12.9. The molecular formula is C13H23N5OS. The Bertz CT molecular complexity index is 431. The number of thioether (sulfide) groups is 1. The first-order chi connectivity index (χ1) is 9.75. The van der Waals surface area contributed by atoms with Crippen molar-refractivity contribution in [2.75, 3.05) is 23.6 Å². The molecule has 0 aromatic carbocycles. The van der Waals surface area contributed by atoms with Gasteiger partial charge in [0.15, 0.2) is 5.82 Å². The highest BCUT2D eigenvalue weighted by Crippen LogP contribution is 2.30. The molecule has 2 unspecified atom stereocenters. The molecule has 0 saturated heterocycles. The van der Waals surface area contributed by atoms with Gasteiger partial charge in [0.1, 0.15) is 18.2 Å². The Hall–Kier alpha value is -1.05. The molecule has 0 aliphatic heterocycles. The second-order valence-corrected chi connectivity index (χ2v) is 5.99. The van der Waals surface area contributed by atoms with Crippen molar-refractivity contribution in [2.45, 2.75) is 44.1 Å². The normalized spacial score (nSPS) is 21.9. The highest BCUT2D eigenvalue weighted by atomic mass is 32.2. The third-order valence-corrected chi connectivity index (χ3v) is 4.52. The van der Waals surface area contributed by atoms with Crippen LogP contribution in [0.1, 0.15) is 32.0 Å². The van der Waals surface area contributed by atoms with Crippen molar-refractivity contribution < 1.29 is 4.74 Å². The van der Waals surface area contributed by atoms with Gasteiger partial charge in [0, 0.05) is 24.0 Å². The minimum atomic E-state index is 0.402. The monoisotopic (exact) mass is 297 g/mol. The molecule has 1 aliphatic rings. The lowest BCUT2D eigenvalue weighted by molar-refractivity contribution is 0.128. The van der Waals surface area contributed by atoms with E-state index in [-0.39, 0.29) is 0 Å². The molecule has 2 rings (SSSR count). The lowest BCUT2D eigenvalue weighted by Crippen LogP contribution is -2.19. The minimum Gasteiger partial charge on any atom is -0.374 e. The van der Waals surface area contributed by atoms with Crippen LogP contribution in [0.4, 0.5) is 11.6 Å². The average molecular weight is 297 g/mol. The van der Waals surface area contributed by atoms with Gasteiger partial charge in [-0.05, 0) is 32.4 Å². The van der Waals surface area contributed by atoms with Gasteiger partial charge in [-0.2, -0.15) is 11.8 Å². The number of nitrogens with zero attached hydrogens (tertiary/aromatic N) is 2. The highest BCUT2D eigenvalue weighted by molar-refractivity contribution is 7.99. The van der Waals surface area contributed by atoms with Crippen molar-refractivity contribution in [3.05, 3.63) is 11.9 Å². The Morgan fingerprint density at radius 3 is 2.85 bits per heavy atom. The second-order valence-electron chi connectivity index (χ2n) is 4.85. The third kappa shape index (κ3) is 4.22. The van der Waals surface area contributed by atoms with Crippen LogP contribution in [0.2, 0.25) is 0 Å². The molecule has 2 atom stereocenters. The molecule has 0 bridgehead atoms. The molecule has 0 radical (unpaired) electrons. The Kier molecular flexibility index (Phi) is 5.87. The third-order valence-electron chi connectivity index (χ3n) is 3.43. The molecule has 1 aromatic rings. The summed E-state index contributed by atoms with van der Waals surface area (Å²) in [7, 11) is 0. The Morgan fingerprint density at radius 1 is 1.40 bits per heavy atom. The predicted octanol–water partition coefficient (Wildman–Crippen LogP) is 1.99. The summed E-state index contributed by atoms with van der Waals surface area (Å²) in [5, 5.41) is 4.24. The number of hydrogen-bond acceptors (Lipinski definition) is 7. The Balaban J connectivity index is 2.02. The molecule has 0 spiro atoms. The predicted molar refractivity (Wildman–Crippen MR) is 83.7 cm³/mol. The van der Waals surface area contributed by atoms with E-state index in [1.165, 1.54) is 19.3 Å². The van der Waals surface area contributed by atoms with E-state index in [9.17, 15) is 0 Å². The summed E-state index contributed by atoms with van der Waals surface area (Å²) in [6, 6.07) is 2.31. The first kappa shape index (κ1) is 15.3. The van der Waals surface area contributed by atoms with E-state index in [2.05, 4.69) is 27.0 Å². The fourth-order valence-electron chi connectivity index (χ4n) is 2.40. The number of ether oxygens (including phenoxy) is 1. The summed E-state index contributed by atoms with van der Waals surface area (Å²) in [5.41, 5.74) is 2.58. The molecule has 1 heterocycles. The number of rotatable bonds is 7. The van der Waals surface area contributed by atoms with E-state index in [0.717, 1.165) is 11.1 Å². The van der Waals surface area contributed by atoms with Crippen LogP contribution >= 0.6 is 11.8 Å². The van der Waals surface area contributed by atoms with Crippen molar-refractivity contribution in [1.29, 1.82) is 0 Å². The number of nitrogens with one attached hydrogen (secondary N) is 2. The highest BCUT2D eigenvalue weighted by Gasteiger charge is 2.24. The van der Waals surface area contributed by atoms with Gasteiger partial charge in [-0.1, -0.05) is 0 Å². The SMILES string of the molecule is CCOCc1nc(NN)cc(NC2CCC(SC)C2)n1. The molecule has 0 amide bonds. The number of nitrogen functional groups attached to an aromatic ring is 1. The van der Waals surface area contributed by atoms with Crippen LogP contribution in [-0.2, 0) is 11.3 Å². The van der Waals surface area contributed by atoms with Gasteiger partial charge < -0.3 is 15.5 Å². The maximum absolute atomic E-state index is 5.46. The summed E-state index contributed by atoms with van der Waals surface area (Å²) >= 11 is 1.94. The van der Waals surface area contributed by atoms with Crippen LogP contribution in [0.25, 0.3) is 0 Å². The maximum Gasteiger partial charge on any atom is 0.158 e. The van der Waals surface area contributed by atoms with Crippen LogP contribution in [0.3, 0.4) is 0 Å². The fourth-order valence-corrected chi connectivity index (χ4v) is 3.19. The molecular weight excluding hydrogens is 274 g/mol. The van der Waals surface area contributed by atoms with Gasteiger partial charge in [0.2, 0.25) is 0 Å². The van der Waals surface area contributed by atoms with Gasteiger partial charge in [0.05, 0.1) is 0 Å². The smallest absolute Gasteiger partial charge is 0.158 e. The molecule has 7 heteroatoms. The molecule has 1 aliphatic carbocycles. The van der Waals surface area contributed by atoms with Crippen molar-refractivity contribution in [3.8, 4) is 0 Å². The molecule has 1 saturated carbocycles. The summed E-state index contributed by atoms with van der Waals surface area (Å²) in [6.45, 7) is 2.99. The summed E-state index contributed by atoms with van der Waals surface area (Å²) in [6.07, 6.45) is 5.80. The number of nitrogens with two attached hydrogens (primary N) is 1. The molecule has 1 fully saturated rings. The zero-order valence-electron chi connectivity index (χ0n) is 12.1. The maximum atomic E-state index is 5.46. The molecule has 4 N–H and O–H groups in total. The van der Waals surface area contributed by atoms with E-state index in [1.807, 2.05) is 24.8 Å². The minimum absolute atomic E-state index is 0.402. The van der Waals surface area contributed by atoms with Crippen LogP contribution < -0.4 is 16.6 Å². The fraction of sp³-hybridized carbons (Fsp3) is 0.692. The van der Waals surface area contributed by atoms with Crippen molar-refractivity contribution in [3.63, 3.8) is 0 Å².